The predicted octanol–water partition coefficient (Wildman–Crippen LogP) is 1.35. The van der Waals surface area contributed by atoms with Crippen molar-refractivity contribution in [3.05, 3.63) is 18.7 Å². The molecular weight excluding hydrogens is 112 g/mol. The summed E-state index contributed by atoms with van der Waals surface area (Å²) in [5.74, 6) is 0. The predicted molar refractivity (Wildman–Crippen MR) is 38.0 cm³/mol. The van der Waals surface area contributed by atoms with E-state index >= 15 is 0 Å². The molecule has 0 bridgehead atoms. The average Bonchev–Trinajstić information content (AvgIpc) is 2.43. The number of nitrogens with one attached hydrogen (secondary N) is 1. The number of imidazole rings is 1. The molecule has 0 aliphatic heterocycles. The Labute approximate surface area is 56.5 Å². The molecule has 0 atom stereocenters. The molecule has 1 N–H and O–H groups in total. The number of aromatic nitrogens is 2. The highest BCUT2D eigenvalue weighted by Crippen LogP contribution is 1.65. The number of nitrogens with zero attached hydrogens (tertiary/aromatic N) is 1. The minimum atomic E-state index is 1.05. The fourth-order valence-electron chi connectivity index (χ4n) is 0.517. The molecule has 0 aliphatic rings. The SMILES string of the molecule is CC.CC[n+]1cc[nH]c1. The summed E-state index contributed by atoms with van der Waals surface area (Å²) in [6.45, 7) is 7.15. The van der Waals surface area contributed by atoms with Gasteiger partial charge in [-0.1, -0.05) is 13.8 Å². The minimum Gasteiger partial charge on any atom is -0.250 e. The third-order valence-corrected chi connectivity index (χ3v) is 0.968. The molecule has 9 heavy (non-hydrogen) atoms. The Kier molecular flexibility index (Phi) is 4.88. The molecule has 0 unspecified atom stereocenters. The van der Waals surface area contributed by atoms with E-state index in [0.29, 0.717) is 0 Å². The highest BCUT2D eigenvalue weighted by atomic mass is 15.0. The molecule has 0 amide bonds. The zero-order chi connectivity index (χ0) is 7.11. The van der Waals surface area contributed by atoms with Crippen LogP contribution < -0.4 is 4.57 Å². The van der Waals surface area contributed by atoms with E-state index in [9.17, 15) is 0 Å². The van der Waals surface area contributed by atoms with Gasteiger partial charge in [-0.05, 0) is 6.92 Å². The second kappa shape index (κ2) is 5.35. The molecule has 1 aromatic heterocycles. The van der Waals surface area contributed by atoms with Gasteiger partial charge in [-0.2, -0.15) is 0 Å². The summed E-state index contributed by atoms with van der Waals surface area (Å²) in [5, 5.41) is 0. The number of aromatic amines is 1. The van der Waals surface area contributed by atoms with E-state index in [2.05, 4.69) is 16.5 Å². The van der Waals surface area contributed by atoms with Gasteiger partial charge in [-0.25, -0.2) is 4.57 Å². The average molecular weight is 127 g/mol. The summed E-state index contributed by atoms with van der Waals surface area (Å²) in [7, 11) is 0. The second-order valence-electron chi connectivity index (χ2n) is 1.44. The van der Waals surface area contributed by atoms with Crippen molar-refractivity contribution in [2.75, 3.05) is 0 Å². The van der Waals surface area contributed by atoms with Crippen molar-refractivity contribution in [1.29, 1.82) is 0 Å². The molecule has 0 aliphatic carbocycles. The van der Waals surface area contributed by atoms with E-state index in [1.807, 2.05) is 32.6 Å². The molecule has 1 heterocycles. The first-order chi connectivity index (χ1) is 4.43. The van der Waals surface area contributed by atoms with Crippen molar-refractivity contribution in [2.24, 2.45) is 0 Å². The van der Waals surface area contributed by atoms with E-state index in [1.54, 1.807) is 0 Å². The lowest BCUT2D eigenvalue weighted by atomic mass is 10.7. The molecule has 0 saturated heterocycles. The summed E-state index contributed by atoms with van der Waals surface area (Å²) in [4.78, 5) is 2.94. The lowest BCUT2D eigenvalue weighted by molar-refractivity contribution is -0.692. The van der Waals surface area contributed by atoms with Gasteiger partial charge in [0.25, 0.3) is 0 Å². The lowest BCUT2D eigenvalue weighted by Crippen LogP contribution is -2.27. The molecule has 0 fully saturated rings. The van der Waals surface area contributed by atoms with Crippen molar-refractivity contribution in [3.63, 3.8) is 0 Å². The maximum atomic E-state index is 2.94. The molecule has 0 radical (unpaired) electrons. The van der Waals surface area contributed by atoms with Crippen LogP contribution in [0.4, 0.5) is 0 Å². The molecule has 1 aromatic rings. The topological polar surface area (TPSA) is 19.7 Å². The fourth-order valence-corrected chi connectivity index (χ4v) is 0.517. The van der Waals surface area contributed by atoms with E-state index < -0.39 is 0 Å². The first-order valence-corrected chi connectivity index (χ1v) is 3.45. The Hall–Kier alpha value is -0.790. The number of aryl methyl sites for hydroxylation is 1. The van der Waals surface area contributed by atoms with Crippen molar-refractivity contribution in [2.45, 2.75) is 27.3 Å². The summed E-state index contributed by atoms with van der Waals surface area (Å²) >= 11 is 0. The molecule has 0 spiro atoms. The van der Waals surface area contributed by atoms with Crippen molar-refractivity contribution in [1.82, 2.24) is 4.98 Å². The summed E-state index contributed by atoms with van der Waals surface area (Å²) in [5.41, 5.74) is 0. The fraction of sp³-hybridized carbons (Fsp3) is 0.571. The number of rotatable bonds is 1. The van der Waals surface area contributed by atoms with Crippen molar-refractivity contribution in [3.8, 4) is 0 Å². The third kappa shape index (κ3) is 2.90. The van der Waals surface area contributed by atoms with E-state index in [4.69, 9.17) is 0 Å². The normalized spacial score (nSPS) is 7.89. The molecule has 2 heteroatoms. The van der Waals surface area contributed by atoms with E-state index in [1.165, 1.54) is 0 Å². The van der Waals surface area contributed by atoms with Crippen molar-refractivity contribution < 1.29 is 4.57 Å². The van der Waals surface area contributed by atoms with Gasteiger partial charge in [-0.3, -0.25) is 4.98 Å². The van der Waals surface area contributed by atoms with Crippen molar-refractivity contribution >= 4 is 0 Å². The Morgan fingerprint density at radius 2 is 2.11 bits per heavy atom. The van der Waals surface area contributed by atoms with Gasteiger partial charge < -0.3 is 0 Å². The first-order valence-electron chi connectivity index (χ1n) is 3.45. The van der Waals surface area contributed by atoms with Crippen LogP contribution in [0.5, 0.6) is 0 Å². The van der Waals surface area contributed by atoms with Crippen LogP contribution >= 0.6 is 0 Å². The molecule has 52 valence electrons. The number of hydrogen-bond donors (Lipinski definition) is 1. The van der Waals surface area contributed by atoms with Crippen LogP contribution in [0.3, 0.4) is 0 Å². The van der Waals surface area contributed by atoms with Crippen LogP contribution in [0.2, 0.25) is 0 Å². The first kappa shape index (κ1) is 8.21. The van der Waals surface area contributed by atoms with Crippen LogP contribution in [0.15, 0.2) is 18.7 Å². The highest BCUT2D eigenvalue weighted by molar-refractivity contribution is 4.54. The zero-order valence-corrected chi connectivity index (χ0v) is 6.39. The zero-order valence-electron chi connectivity index (χ0n) is 6.39. The Morgan fingerprint density at radius 3 is 2.33 bits per heavy atom. The van der Waals surface area contributed by atoms with Gasteiger partial charge in [0.2, 0.25) is 6.33 Å². The second-order valence-corrected chi connectivity index (χ2v) is 1.44. The van der Waals surface area contributed by atoms with Crippen LogP contribution in [-0.4, -0.2) is 4.98 Å². The van der Waals surface area contributed by atoms with Crippen LogP contribution in [-0.2, 0) is 6.54 Å². The van der Waals surface area contributed by atoms with Crippen LogP contribution in [0.1, 0.15) is 20.8 Å². The number of H-pyrrole nitrogens is 1. The summed E-state index contributed by atoms with van der Waals surface area (Å²) in [6, 6.07) is 0. The Balaban J connectivity index is 0.000000291. The Morgan fingerprint density at radius 1 is 1.44 bits per heavy atom. The van der Waals surface area contributed by atoms with Crippen LogP contribution in [0, 0.1) is 0 Å². The van der Waals surface area contributed by atoms with Gasteiger partial charge in [0.15, 0.2) is 0 Å². The number of hydrogen-bond acceptors (Lipinski definition) is 0. The van der Waals surface area contributed by atoms with E-state index in [0.717, 1.165) is 6.54 Å². The summed E-state index contributed by atoms with van der Waals surface area (Å²) in [6.07, 6.45) is 5.84. The Bertz CT molecular complexity index is 121. The van der Waals surface area contributed by atoms with E-state index in [-0.39, 0.29) is 0 Å². The molecular formula is C7H15N2+. The van der Waals surface area contributed by atoms with Gasteiger partial charge in [-0.15, -0.1) is 0 Å². The largest absolute Gasteiger partial charge is 0.250 e. The molecule has 2 nitrogen and oxygen atoms in total. The smallest absolute Gasteiger partial charge is 0.241 e. The highest BCUT2D eigenvalue weighted by Gasteiger charge is 1.85. The monoisotopic (exact) mass is 127 g/mol. The maximum absolute atomic E-state index is 2.94. The molecule has 1 rings (SSSR count). The lowest BCUT2D eigenvalue weighted by Gasteiger charge is -1.79. The summed E-state index contributed by atoms with van der Waals surface area (Å²) < 4.78 is 2.07. The van der Waals surface area contributed by atoms with Gasteiger partial charge in [0.1, 0.15) is 12.4 Å². The van der Waals surface area contributed by atoms with Gasteiger partial charge >= 0.3 is 0 Å². The van der Waals surface area contributed by atoms with Gasteiger partial charge in [0, 0.05) is 0 Å². The third-order valence-electron chi connectivity index (χ3n) is 0.968. The molecule has 0 aromatic carbocycles. The van der Waals surface area contributed by atoms with Gasteiger partial charge in [0.05, 0.1) is 6.54 Å². The standard InChI is InChI=1S/C5H8N2.C2H6/c1-2-7-4-3-6-5-7;1-2/h3-5H,2H2,1H3;1-2H3/p+1. The maximum Gasteiger partial charge on any atom is 0.241 e. The minimum absolute atomic E-state index is 1.05. The molecule has 0 saturated carbocycles. The quantitative estimate of drug-likeness (QED) is 0.549. The van der Waals surface area contributed by atoms with Crippen LogP contribution in [0.25, 0.3) is 0 Å².